The third kappa shape index (κ3) is 6.95. The lowest BCUT2D eigenvalue weighted by Gasteiger charge is -2.42. The van der Waals surface area contributed by atoms with Gasteiger partial charge in [0.15, 0.2) is 5.71 Å². The number of unbranched alkanes of at least 4 members (excludes halogenated alkanes) is 2. The van der Waals surface area contributed by atoms with Crippen LogP contribution in [0.1, 0.15) is 71.4 Å². The fraction of sp³-hybridized carbons (Fsp3) is 0.500. The van der Waals surface area contributed by atoms with E-state index in [0.29, 0.717) is 6.42 Å². The molecule has 8 heteroatoms. The Balaban J connectivity index is 1.19. The van der Waals surface area contributed by atoms with Gasteiger partial charge in [-0.3, -0.25) is 4.79 Å². The number of rotatable bonds is 12. The van der Waals surface area contributed by atoms with Gasteiger partial charge < -0.3 is 29.9 Å². The molecule has 1 saturated heterocycles. The molecule has 0 bridgehead atoms. The van der Waals surface area contributed by atoms with Crippen LogP contribution in [0, 0.1) is 0 Å². The highest BCUT2D eigenvalue weighted by Crippen LogP contribution is 2.47. The Morgan fingerprint density at radius 2 is 1.71 bits per heavy atom. The van der Waals surface area contributed by atoms with E-state index in [-0.39, 0.29) is 23.3 Å². The van der Waals surface area contributed by atoms with E-state index in [2.05, 4.69) is 128 Å². The van der Waals surface area contributed by atoms with Crippen LogP contribution < -0.4 is 10.2 Å². The van der Waals surface area contributed by atoms with Gasteiger partial charge in [0.1, 0.15) is 25.4 Å². The van der Waals surface area contributed by atoms with Crippen molar-refractivity contribution in [2.24, 2.45) is 0 Å². The van der Waals surface area contributed by atoms with Crippen LogP contribution in [0.15, 0.2) is 84.6 Å². The molecule has 3 heterocycles. The van der Waals surface area contributed by atoms with Crippen LogP contribution in [0.2, 0.25) is 0 Å². The van der Waals surface area contributed by atoms with Gasteiger partial charge in [-0.15, -0.1) is 0 Å². The van der Waals surface area contributed by atoms with Crippen LogP contribution in [0.25, 0.3) is 0 Å². The smallest absolute Gasteiger partial charge is 0.220 e. The molecule has 5 rings (SSSR count). The van der Waals surface area contributed by atoms with Crippen LogP contribution in [0.5, 0.6) is 0 Å². The summed E-state index contributed by atoms with van der Waals surface area (Å²) in [5.74, 6) is -0.118. The fourth-order valence-corrected chi connectivity index (χ4v) is 7.81. The molecule has 3 N–H and O–H groups in total. The Bertz CT molecular complexity index is 1590. The second kappa shape index (κ2) is 14.9. The first-order chi connectivity index (χ1) is 22.9. The molecule has 258 valence electrons. The van der Waals surface area contributed by atoms with Crippen molar-refractivity contribution in [2.45, 2.75) is 102 Å². The minimum atomic E-state index is -0.958. The molecular weight excluding hydrogens is 602 g/mol. The predicted octanol–water partition coefficient (Wildman–Crippen LogP) is 5.69. The lowest BCUT2D eigenvalue weighted by atomic mass is 9.81. The minimum absolute atomic E-state index is 0.0539. The number of allylic oxidation sites excluding steroid dienone is 6. The van der Waals surface area contributed by atoms with Crippen molar-refractivity contribution >= 4 is 23.0 Å². The van der Waals surface area contributed by atoms with Gasteiger partial charge in [0.2, 0.25) is 11.6 Å². The molecule has 2 aromatic rings. The van der Waals surface area contributed by atoms with Gasteiger partial charge in [-0.2, -0.15) is 4.58 Å². The number of aliphatic hydroxyl groups excluding tert-OH is 2. The molecule has 0 spiro atoms. The summed E-state index contributed by atoms with van der Waals surface area (Å²) in [6, 6.07) is 16.7. The number of nitrogens with one attached hydrogen (secondary N) is 1. The number of benzene rings is 2. The number of anilines is 1. The summed E-state index contributed by atoms with van der Waals surface area (Å²) in [5.41, 5.74) is 7.53. The quantitative estimate of drug-likeness (QED) is 0.155. The molecule has 5 atom stereocenters. The summed E-state index contributed by atoms with van der Waals surface area (Å²) in [6.45, 7) is 11.5. The zero-order chi connectivity index (χ0) is 34.6. The van der Waals surface area contributed by atoms with Crippen LogP contribution >= 0.6 is 0 Å². The molecule has 0 saturated carbocycles. The summed E-state index contributed by atoms with van der Waals surface area (Å²) in [4.78, 5) is 15.3. The molecule has 8 nitrogen and oxygen atoms in total. The molecule has 3 aliphatic heterocycles. The van der Waals surface area contributed by atoms with Crippen molar-refractivity contribution in [3.63, 3.8) is 0 Å². The van der Waals surface area contributed by atoms with Gasteiger partial charge in [0, 0.05) is 54.6 Å². The molecule has 1 fully saturated rings. The summed E-state index contributed by atoms with van der Waals surface area (Å²) in [6.07, 6.45) is 11.1. The first-order valence-electron chi connectivity index (χ1n) is 17.3. The summed E-state index contributed by atoms with van der Waals surface area (Å²) in [7, 11) is 3.61. The van der Waals surface area contributed by atoms with Gasteiger partial charge in [-0.25, -0.2) is 0 Å². The largest absolute Gasteiger partial charge is 0.394 e. The maximum absolute atomic E-state index is 12.8. The molecule has 2 aromatic carbocycles. The molecular formula is C40H54N3O5+. The molecule has 3 aliphatic rings. The first-order valence-corrected chi connectivity index (χ1v) is 17.3. The van der Waals surface area contributed by atoms with E-state index in [1.54, 1.807) is 6.92 Å². The lowest BCUT2D eigenvalue weighted by molar-refractivity contribution is -0.401. The Morgan fingerprint density at radius 1 is 1.00 bits per heavy atom. The van der Waals surface area contributed by atoms with E-state index in [9.17, 15) is 15.0 Å². The SMILES string of the molecule is COC1C(CO)OC(C)C(NC(=O)CCCCCN2/C(=C/C=C/C=C/C3=[N+](C)c4ccccc4C3(C)C)C(C)(C)c3ccccc32)C1O. The Labute approximate surface area is 286 Å². The number of hydrogen-bond acceptors (Lipinski definition) is 6. The molecule has 5 unspecified atom stereocenters. The third-order valence-electron chi connectivity index (χ3n) is 10.5. The molecule has 0 radical (unpaired) electrons. The van der Waals surface area contributed by atoms with E-state index in [0.717, 1.165) is 25.8 Å². The number of ether oxygens (including phenoxy) is 2. The fourth-order valence-electron chi connectivity index (χ4n) is 7.81. The van der Waals surface area contributed by atoms with Crippen molar-refractivity contribution in [1.82, 2.24) is 5.32 Å². The van der Waals surface area contributed by atoms with Crippen LogP contribution in [-0.2, 0) is 25.1 Å². The number of carbonyl (C=O) groups excluding carboxylic acids is 1. The second-order valence-electron chi connectivity index (χ2n) is 14.3. The standard InChI is InChI=1S/C40H53N3O5/c1-27-36(37(46)38(47-7)32(26-44)48-27)41-35(45)24-12-9-17-25-43-31-21-16-14-19-29(31)40(4,5)34(43)23-11-8-10-22-33-39(2,3)28-18-13-15-20-30(28)42(33)6/h8,10-11,13-16,18-23,27,32,36-38,44,46H,9,12,17,24-26H2,1-7H3/p+1. The van der Waals surface area contributed by atoms with Crippen LogP contribution in [0.3, 0.4) is 0 Å². The van der Waals surface area contributed by atoms with E-state index >= 15 is 0 Å². The van der Waals surface area contributed by atoms with Crippen molar-refractivity contribution < 1.29 is 29.1 Å². The number of fused-ring (bicyclic) bond motifs is 2. The number of amides is 1. The number of hydrogen-bond donors (Lipinski definition) is 3. The van der Waals surface area contributed by atoms with Gasteiger partial charge in [-0.05, 0) is 51.3 Å². The Hall–Kier alpha value is -3.56. The Kier molecular flexibility index (Phi) is 11.1. The van der Waals surface area contributed by atoms with Gasteiger partial charge >= 0.3 is 0 Å². The van der Waals surface area contributed by atoms with Gasteiger partial charge in [-0.1, -0.05) is 74.9 Å². The lowest BCUT2D eigenvalue weighted by Crippen LogP contribution is -2.63. The maximum Gasteiger partial charge on any atom is 0.220 e. The van der Waals surface area contributed by atoms with Crippen molar-refractivity contribution in [3.8, 4) is 0 Å². The van der Waals surface area contributed by atoms with Crippen molar-refractivity contribution in [2.75, 3.05) is 32.2 Å². The predicted molar refractivity (Wildman–Crippen MR) is 192 cm³/mol. The van der Waals surface area contributed by atoms with Crippen LogP contribution in [0.4, 0.5) is 11.4 Å². The first kappa shape index (κ1) is 35.7. The van der Waals surface area contributed by atoms with Crippen molar-refractivity contribution in [1.29, 1.82) is 0 Å². The number of carbonyl (C=O) groups is 1. The van der Waals surface area contributed by atoms with Crippen LogP contribution in [-0.4, -0.2) is 84.2 Å². The maximum atomic E-state index is 12.8. The number of methoxy groups -OCH3 is 1. The number of aliphatic hydroxyl groups is 2. The third-order valence-corrected chi connectivity index (χ3v) is 10.5. The average Bonchev–Trinajstić information content (AvgIpc) is 3.40. The van der Waals surface area contributed by atoms with Gasteiger partial charge in [0.05, 0.1) is 24.2 Å². The highest BCUT2D eigenvalue weighted by Gasteiger charge is 2.45. The molecule has 1 amide bonds. The molecule has 0 aliphatic carbocycles. The summed E-state index contributed by atoms with van der Waals surface area (Å²) < 4.78 is 13.4. The minimum Gasteiger partial charge on any atom is -0.394 e. The van der Waals surface area contributed by atoms with E-state index < -0.39 is 30.5 Å². The normalized spacial score (nSPS) is 26.9. The van der Waals surface area contributed by atoms with E-state index in [1.807, 2.05) is 0 Å². The number of para-hydroxylation sites is 2. The highest BCUT2D eigenvalue weighted by molar-refractivity contribution is 6.03. The monoisotopic (exact) mass is 656 g/mol. The zero-order valence-electron chi connectivity index (χ0n) is 29.6. The highest BCUT2D eigenvalue weighted by atomic mass is 16.6. The number of nitrogens with zero attached hydrogens (tertiary/aromatic N) is 2. The zero-order valence-corrected chi connectivity index (χ0v) is 29.6. The topological polar surface area (TPSA) is 94.3 Å². The Morgan fingerprint density at radius 3 is 2.42 bits per heavy atom. The second-order valence-corrected chi connectivity index (χ2v) is 14.3. The molecule has 48 heavy (non-hydrogen) atoms. The molecule has 0 aromatic heterocycles. The van der Waals surface area contributed by atoms with E-state index in [4.69, 9.17) is 9.47 Å². The average molecular weight is 657 g/mol. The van der Waals surface area contributed by atoms with Crippen molar-refractivity contribution in [3.05, 3.63) is 95.7 Å². The summed E-state index contributed by atoms with van der Waals surface area (Å²) >= 11 is 0. The van der Waals surface area contributed by atoms with Gasteiger partial charge in [0.25, 0.3) is 0 Å². The summed E-state index contributed by atoms with van der Waals surface area (Å²) in [5, 5.41) is 23.3. The van der Waals surface area contributed by atoms with E-state index in [1.165, 1.54) is 41.0 Å².